The summed E-state index contributed by atoms with van der Waals surface area (Å²) in [6.07, 6.45) is 2.40. The van der Waals surface area contributed by atoms with Gasteiger partial charge in [-0.15, -0.1) is 0 Å². The molecule has 10 nitrogen and oxygen atoms in total. The summed E-state index contributed by atoms with van der Waals surface area (Å²) < 4.78 is 2.89. The Labute approximate surface area is 205 Å². The summed E-state index contributed by atoms with van der Waals surface area (Å²) in [5.41, 5.74) is 2.81. The highest BCUT2D eigenvalue weighted by Crippen LogP contribution is 2.38. The van der Waals surface area contributed by atoms with E-state index in [0.29, 0.717) is 35.4 Å². The van der Waals surface area contributed by atoms with Gasteiger partial charge in [0, 0.05) is 31.8 Å². The number of likely N-dealkylation sites (N-methyl/N-ethyl adjacent to an activating group) is 1. The average molecular weight is 483 g/mol. The molecular formula is C26H22N6O4. The Morgan fingerprint density at radius 1 is 1.03 bits per heavy atom. The molecule has 0 bridgehead atoms. The minimum absolute atomic E-state index is 0.193. The lowest BCUT2D eigenvalue weighted by Gasteiger charge is -2.27. The van der Waals surface area contributed by atoms with Crippen molar-refractivity contribution in [2.75, 3.05) is 12.4 Å². The lowest BCUT2D eigenvalue weighted by atomic mass is 9.95. The van der Waals surface area contributed by atoms with E-state index in [-0.39, 0.29) is 24.0 Å². The second-order valence-corrected chi connectivity index (χ2v) is 9.12. The van der Waals surface area contributed by atoms with E-state index in [9.17, 15) is 19.2 Å². The molecule has 2 aromatic heterocycles. The zero-order valence-electron chi connectivity index (χ0n) is 19.4. The van der Waals surface area contributed by atoms with Crippen molar-refractivity contribution in [2.45, 2.75) is 24.9 Å². The number of para-hydroxylation sites is 1. The number of carbonyl (C=O) groups is 3. The summed E-state index contributed by atoms with van der Waals surface area (Å²) in [4.78, 5) is 56.6. The Morgan fingerprint density at radius 3 is 2.56 bits per heavy atom. The van der Waals surface area contributed by atoms with Gasteiger partial charge in [0.25, 0.3) is 5.91 Å². The van der Waals surface area contributed by atoms with Crippen LogP contribution in [0.3, 0.4) is 0 Å². The summed E-state index contributed by atoms with van der Waals surface area (Å²) in [7, 11) is 1.62. The number of nitrogens with zero attached hydrogens (tertiary/aromatic N) is 4. The SMILES string of the molecule is CN1C(=O)NC(=O)C12Cc1ccc(NC(=O)Cn3c(=O)n(-c4ccccc4)c4ncccc43)cc1C2. The molecule has 10 heteroatoms. The molecule has 0 radical (unpaired) electrons. The van der Waals surface area contributed by atoms with Gasteiger partial charge in [-0.1, -0.05) is 24.3 Å². The van der Waals surface area contributed by atoms with Gasteiger partial charge >= 0.3 is 11.7 Å². The van der Waals surface area contributed by atoms with Gasteiger partial charge in [-0.05, 0) is 47.5 Å². The largest absolute Gasteiger partial charge is 0.335 e. The zero-order valence-corrected chi connectivity index (χ0v) is 19.4. The summed E-state index contributed by atoms with van der Waals surface area (Å²) in [5.74, 6) is -0.675. The third-order valence-corrected chi connectivity index (χ3v) is 7.05. The first kappa shape index (κ1) is 21.8. The highest BCUT2D eigenvalue weighted by molar-refractivity contribution is 6.07. The summed E-state index contributed by atoms with van der Waals surface area (Å²) >= 11 is 0. The first-order valence-electron chi connectivity index (χ1n) is 11.5. The van der Waals surface area contributed by atoms with Crippen molar-refractivity contribution < 1.29 is 14.4 Å². The Bertz CT molecular complexity index is 1620. The predicted octanol–water partition coefficient (Wildman–Crippen LogP) is 1.84. The van der Waals surface area contributed by atoms with Gasteiger partial charge in [-0.25, -0.2) is 19.1 Å². The molecule has 1 atom stereocenters. The first-order valence-corrected chi connectivity index (χ1v) is 11.5. The molecule has 2 aliphatic rings. The number of anilines is 1. The smallest absolute Gasteiger partial charge is 0.325 e. The van der Waals surface area contributed by atoms with E-state index in [1.54, 1.807) is 31.4 Å². The van der Waals surface area contributed by atoms with E-state index in [2.05, 4.69) is 15.6 Å². The van der Waals surface area contributed by atoms with Crippen LogP contribution < -0.4 is 16.3 Å². The van der Waals surface area contributed by atoms with Gasteiger partial charge in [-0.2, -0.15) is 0 Å². The molecule has 3 heterocycles. The van der Waals surface area contributed by atoms with Crippen LogP contribution in [0, 0.1) is 0 Å². The number of carbonyl (C=O) groups excluding carboxylic acids is 3. The van der Waals surface area contributed by atoms with Gasteiger partial charge in [0.1, 0.15) is 12.1 Å². The van der Waals surface area contributed by atoms with Crippen LogP contribution >= 0.6 is 0 Å². The number of urea groups is 1. The molecule has 1 fully saturated rings. The topological polar surface area (TPSA) is 118 Å². The highest BCUT2D eigenvalue weighted by Gasteiger charge is 2.54. The molecule has 4 amide bonds. The fourth-order valence-corrected chi connectivity index (χ4v) is 5.17. The lowest BCUT2D eigenvalue weighted by molar-refractivity contribution is -0.125. The van der Waals surface area contributed by atoms with Crippen molar-refractivity contribution in [1.82, 2.24) is 24.3 Å². The lowest BCUT2D eigenvalue weighted by Crippen LogP contribution is -2.48. The van der Waals surface area contributed by atoms with Gasteiger partial charge in [0.05, 0.1) is 11.2 Å². The molecule has 1 unspecified atom stereocenters. The molecule has 1 spiro atoms. The molecular weight excluding hydrogens is 460 g/mol. The number of fused-ring (bicyclic) bond motifs is 2. The van der Waals surface area contributed by atoms with E-state index >= 15 is 0 Å². The number of benzene rings is 2. The van der Waals surface area contributed by atoms with Crippen LogP contribution in [-0.4, -0.2) is 49.5 Å². The summed E-state index contributed by atoms with van der Waals surface area (Å²) in [6.45, 7) is -0.193. The molecule has 1 aliphatic heterocycles. The Kier molecular flexibility index (Phi) is 4.78. The Balaban J connectivity index is 1.26. The quantitative estimate of drug-likeness (QED) is 0.431. The molecule has 2 aromatic carbocycles. The van der Waals surface area contributed by atoms with Crippen molar-refractivity contribution >= 4 is 34.7 Å². The second kappa shape index (κ2) is 7.91. The van der Waals surface area contributed by atoms with Crippen LogP contribution in [0.1, 0.15) is 11.1 Å². The fourth-order valence-electron chi connectivity index (χ4n) is 5.17. The number of hydrogen-bond acceptors (Lipinski definition) is 5. The summed E-state index contributed by atoms with van der Waals surface area (Å²) in [5, 5.41) is 5.24. The monoisotopic (exact) mass is 482 g/mol. The molecule has 4 aromatic rings. The minimum atomic E-state index is -0.929. The minimum Gasteiger partial charge on any atom is -0.325 e. The Hall–Kier alpha value is -4.73. The van der Waals surface area contributed by atoms with Crippen LogP contribution in [0.4, 0.5) is 10.5 Å². The van der Waals surface area contributed by atoms with Crippen LogP contribution in [0.15, 0.2) is 71.7 Å². The third kappa shape index (κ3) is 3.22. The molecule has 180 valence electrons. The number of imidazole rings is 1. The fraction of sp³-hybridized carbons (Fsp3) is 0.192. The van der Waals surface area contributed by atoms with Crippen molar-refractivity contribution in [1.29, 1.82) is 0 Å². The third-order valence-electron chi connectivity index (χ3n) is 7.05. The van der Waals surface area contributed by atoms with Gasteiger partial charge in [-0.3, -0.25) is 19.5 Å². The summed E-state index contributed by atoms with van der Waals surface area (Å²) in [6, 6.07) is 17.7. The van der Waals surface area contributed by atoms with Crippen molar-refractivity contribution in [2.24, 2.45) is 0 Å². The normalized spacial score (nSPS) is 18.6. The van der Waals surface area contributed by atoms with Crippen LogP contribution in [0.2, 0.25) is 0 Å². The maximum absolute atomic E-state index is 13.3. The van der Waals surface area contributed by atoms with Crippen LogP contribution in [0.25, 0.3) is 16.9 Å². The molecule has 6 rings (SSSR count). The van der Waals surface area contributed by atoms with Gasteiger partial charge in [0.2, 0.25) is 5.91 Å². The van der Waals surface area contributed by atoms with Crippen LogP contribution in [-0.2, 0) is 29.0 Å². The maximum Gasteiger partial charge on any atom is 0.335 e. The number of amides is 4. The molecule has 1 aliphatic carbocycles. The first-order chi connectivity index (χ1) is 17.4. The van der Waals surface area contributed by atoms with Gasteiger partial charge in [0.15, 0.2) is 5.65 Å². The highest BCUT2D eigenvalue weighted by atomic mass is 16.2. The number of hydrogen-bond donors (Lipinski definition) is 2. The van der Waals surface area contributed by atoms with Crippen LogP contribution in [0.5, 0.6) is 0 Å². The number of imide groups is 1. The Morgan fingerprint density at radius 2 is 1.81 bits per heavy atom. The average Bonchev–Trinajstić information content (AvgIpc) is 3.46. The molecule has 36 heavy (non-hydrogen) atoms. The number of nitrogens with one attached hydrogen (secondary N) is 2. The standard InChI is InChI=1S/C26H22N6O4/c1-30-24(35)29-23(34)26(30)13-16-9-10-18(12-17(16)14-26)28-21(33)15-31-20-8-5-11-27-22(20)32(25(31)36)19-6-3-2-4-7-19/h2-12H,13-15H2,1H3,(H,28,33)(H,29,34,35). The molecule has 0 saturated carbocycles. The molecule has 1 saturated heterocycles. The second-order valence-electron chi connectivity index (χ2n) is 9.12. The van der Waals surface area contributed by atoms with E-state index in [0.717, 1.165) is 11.1 Å². The number of aromatic nitrogens is 3. The van der Waals surface area contributed by atoms with Crippen molar-refractivity contribution in [3.05, 3.63) is 88.5 Å². The van der Waals surface area contributed by atoms with Crippen molar-refractivity contribution in [3.8, 4) is 5.69 Å². The van der Waals surface area contributed by atoms with E-state index in [4.69, 9.17) is 0 Å². The molecule has 2 N–H and O–H groups in total. The number of pyridine rings is 1. The van der Waals surface area contributed by atoms with E-state index in [1.165, 1.54) is 14.0 Å². The number of rotatable bonds is 4. The zero-order chi connectivity index (χ0) is 25.0. The van der Waals surface area contributed by atoms with E-state index < -0.39 is 11.6 Å². The maximum atomic E-state index is 13.3. The van der Waals surface area contributed by atoms with E-state index in [1.807, 2.05) is 42.5 Å². The van der Waals surface area contributed by atoms with Crippen molar-refractivity contribution in [3.63, 3.8) is 0 Å². The van der Waals surface area contributed by atoms with Gasteiger partial charge < -0.3 is 10.2 Å². The predicted molar refractivity (Wildman–Crippen MR) is 132 cm³/mol.